The van der Waals surface area contributed by atoms with Gasteiger partial charge in [-0.15, -0.1) is 0 Å². The number of hydrogen-bond donors (Lipinski definition) is 0. The van der Waals surface area contributed by atoms with E-state index in [1.165, 1.54) is 10.9 Å². The third-order valence-electron chi connectivity index (χ3n) is 4.99. The van der Waals surface area contributed by atoms with Crippen molar-refractivity contribution in [2.24, 2.45) is 0 Å². The molecule has 4 heteroatoms. The monoisotopic (exact) mass is 304 g/mol. The zero-order valence-electron chi connectivity index (χ0n) is 14.3. The lowest BCUT2D eigenvalue weighted by atomic mass is 10.3. The molecule has 0 fully saturated rings. The van der Waals surface area contributed by atoms with E-state index < -0.39 is 8.24 Å². The van der Waals surface area contributed by atoms with Crippen LogP contribution in [0.4, 0.5) is 0 Å². The number of ether oxygens (including phenoxy) is 1. The molecular weight excluding hydrogens is 276 g/mol. The van der Waals surface area contributed by atoms with Gasteiger partial charge in [-0.3, -0.25) is 4.98 Å². The van der Waals surface area contributed by atoms with Crippen LogP contribution in [-0.4, -0.2) is 24.6 Å². The van der Waals surface area contributed by atoms with Crippen molar-refractivity contribution in [3.05, 3.63) is 24.7 Å². The van der Waals surface area contributed by atoms with Crippen LogP contribution < -0.4 is 4.74 Å². The Bertz CT molecular complexity index is 595. The molecule has 0 N–H and O–H groups in total. The standard InChI is InChI=1S/C17H28N2OSi/c1-12(2)21(13(3)4,14(5)6)19-9-8-15-16(19)10-18-11-17(15)20-7/h8-14H,1-7H3. The first-order chi connectivity index (χ1) is 9.87. The second kappa shape index (κ2) is 5.83. The van der Waals surface area contributed by atoms with Gasteiger partial charge in [-0.25, -0.2) is 0 Å². The minimum atomic E-state index is -1.73. The van der Waals surface area contributed by atoms with Crippen molar-refractivity contribution in [2.45, 2.75) is 58.2 Å². The molecule has 0 radical (unpaired) electrons. The van der Waals surface area contributed by atoms with Gasteiger partial charge in [-0.05, 0) is 28.9 Å². The molecule has 0 bridgehead atoms. The van der Waals surface area contributed by atoms with Gasteiger partial charge >= 0.3 is 0 Å². The van der Waals surface area contributed by atoms with Gasteiger partial charge in [-0.2, -0.15) is 0 Å². The molecule has 0 unspecified atom stereocenters. The summed E-state index contributed by atoms with van der Waals surface area (Å²) in [5.41, 5.74) is 3.22. The third kappa shape index (κ3) is 2.29. The third-order valence-corrected chi connectivity index (χ3v) is 11.8. The number of fused-ring (bicyclic) bond motifs is 1. The van der Waals surface area contributed by atoms with Crippen molar-refractivity contribution in [3.63, 3.8) is 0 Å². The van der Waals surface area contributed by atoms with Gasteiger partial charge in [0.05, 0.1) is 25.0 Å². The maximum absolute atomic E-state index is 5.47. The molecule has 2 aromatic heterocycles. The Labute approximate surface area is 129 Å². The molecule has 0 aliphatic carbocycles. The topological polar surface area (TPSA) is 27.1 Å². The molecule has 0 aromatic carbocycles. The van der Waals surface area contributed by atoms with Crippen LogP contribution in [0.2, 0.25) is 16.6 Å². The maximum atomic E-state index is 5.47. The fraction of sp³-hybridized carbons (Fsp3) is 0.588. The van der Waals surface area contributed by atoms with Crippen LogP contribution in [0.5, 0.6) is 5.75 Å². The number of rotatable bonds is 5. The minimum absolute atomic E-state index is 0.666. The molecule has 0 saturated heterocycles. The summed E-state index contributed by atoms with van der Waals surface area (Å²) in [5, 5.41) is 1.17. The number of nitrogens with zero attached hydrogens (tertiary/aromatic N) is 2. The normalized spacial score (nSPS) is 12.9. The summed E-state index contributed by atoms with van der Waals surface area (Å²) >= 11 is 0. The van der Waals surface area contributed by atoms with Gasteiger partial charge in [0.25, 0.3) is 0 Å². The van der Waals surface area contributed by atoms with Crippen LogP contribution in [-0.2, 0) is 0 Å². The van der Waals surface area contributed by atoms with Crippen molar-refractivity contribution >= 4 is 19.1 Å². The number of pyridine rings is 1. The van der Waals surface area contributed by atoms with Crippen molar-refractivity contribution in [3.8, 4) is 5.75 Å². The molecule has 0 saturated carbocycles. The quantitative estimate of drug-likeness (QED) is 0.721. The van der Waals surface area contributed by atoms with E-state index in [1.54, 1.807) is 13.3 Å². The average molecular weight is 305 g/mol. The molecule has 0 aliphatic rings. The van der Waals surface area contributed by atoms with Crippen LogP contribution in [0.15, 0.2) is 24.7 Å². The van der Waals surface area contributed by atoms with Crippen LogP contribution in [0.3, 0.4) is 0 Å². The summed E-state index contributed by atoms with van der Waals surface area (Å²) in [5.74, 6) is 0.866. The number of methoxy groups -OCH3 is 1. The second-order valence-corrected chi connectivity index (χ2v) is 12.5. The van der Waals surface area contributed by atoms with E-state index in [-0.39, 0.29) is 0 Å². The van der Waals surface area contributed by atoms with Gasteiger partial charge in [0.15, 0.2) is 8.24 Å². The molecular formula is C17H28N2OSi. The zero-order chi connectivity index (χ0) is 15.8. The molecule has 2 aromatic rings. The van der Waals surface area contributed by atoms with Crippen molar-refractivity contribution in [1.82, 2.24) is 9.22 Å². The van der Waals surface area contributed by atoms with Crippen molar-refractivity contribution in [1.29, 1.82) is 0 Å². The zero-order valence-corrected chi connectivity index (χ0v) is 15.3. The minimum Gasteiger partial charge on any atom is -0.494 e. The smallest absolute Gasteiger partial charge is 0.169 e. The average Bonchev–Trinajstić information content (AvgIpc) is 2.82. The molecule has 0 spiro atoms. The summed E-state index contributed by atoms with van der Waals surface area (Å²) in [6, 6.07) is 2.19. The first kappa shape index (κ1) is 16.1. The number of hydrogen-bond acceptors (Lipinski definition) is 2. The lowest BCUT2D eigenvalue weighted by Gasteiger charge is -2.44. The van der Waals surface area contributed by atoms with Gasteiger partial charge in [-0.1, -0.05) is 41.5 Å². The maximum Gasteiger partial charge on any atom is 0.169 e. The molecule has 0 amide bonds. The highest BCUT2D eigenvalue weighted by Gasteiger charge is 2.45. The molecule has 3 nitrogen and oxygen atoms in total. The van der Waals surface area contributed by atoms with E-state index in [0.717, 1.165) is 5.75 Å². The van der Waals surface area contributed by atoms with Crippen LogP contribution in [0, 0.1) is 0 Å². The molecule has 2 rings (SSSR count). The molecule has 2 heterocycles. The SMILES string of the molecule is COc1cncc2c1ccn2[Si](C(C)C)(C(C)C)C(C)C. The van der Waals surface area contributed by atoms with Crippen LogP contribution in [0.1, 0.15) is 41.5 Å². The molecule has 0 atom stereocenters. The van der Waals surface area contributed by atoms with E-state index in [1.807, 2.05) is 6.20 Å². The first-order valence-corrected chi connectivity index (χ1v) is 10.0. The lowest BCUT2D eigenvalue weighted by Crippen LogP contribution is -2.51. The predicted molar refractivity (Wildman–Crippen MR) is 92.7 cm³/mol. The van der Waals surface area contributed by atoms with Gasteiger partial charge < -0.3 is 8.97 Å². The van der Waals surface area contributed by atoms with Gasteiger partial charge in [0, 0.05) is 5.39 Å². The molecule has 21 heavy (non-hydrogen) atoms. The summed E-state index contributed by atoms with van der Waals surface area (Å²) in [6.07, 6.45) is 6.06. The van der Waals surface area contributed by atoms with Crippen molar-refractivity contribution < 1.29 is 4.74 Å². The van der Waals surface area contributed by atoms with Crippen LogP contribution in [0.25, 0.3) is 10.9 Å². The fourth-order valence-electron chi connectivity index (χ4n) is 4.36. The summed E-state index contributed by atoms with van der Waals surface area (Å²) in [4.78, 5) is 4.38. The Morgan fingerprint density at radius 1 is 1.00 bits per heavy atom. The second-order valence-electron chi connectivity index (χ2n) is 6.81. The highest BCUT2D eigenvalue weighted by molar-refractivity contribution is 6.82. The highest BCUT2D eigenvalue weighted by Crippen LogP contribution is 2.44. The van der Waals surface area contributed by atoms with Crippen LogP contribution >= 0.6 is 0 Å². The Hall–Kier alpha value is -1.29. The van der Waals surface area contributed by atoms with Gasteiger partial charge in [0.2, 0.25) is 0 Å². The molecule has 116 valence electrons. The Morgan fingerprint density at radius 3 is 2.05 bits per heavy atom. The summed E-state index contributed by atoms with van der Waals surface area (Å²) < 4.78 is 8.04. The van der Waals surface area contributed by atoms with E-state index >= 15 is 0 Å². The fourth-order valence-corrected chi connectivity index (χ4v) is 11.0. The Morgan fingerprint density at radius 2 is 1.57 bits per heavy atom. The largest absolute Gasteiger partial charge is 0.494 e. The number of aromatic nitrogens is 2. The van der Waals surface area contributed by atoms with E-state index in [0.29, 0.717) is 16.6 Å². The first-order valence-electron chi connectivity index (χ1n) is 7.86. The lowest BCUT2D eigenvalue weighted by molar-refractivity contribution is 0.418. The van der Waals surface area contributed by atoms with E-state index in [2.05, 4.69) is 63.0 Å². The summed E-state index contributed by atoms with van der Waals surface area (Å²) in [7, 11) is -0.0164. The van der Waals surface area contributed by atoms with E-state index in [4.69, 9.17) is 4.74 Å². The Balaban J connectivity index is 2.78. The summed E-state index contributed by atoms with van der Waals surface area (Å²) in [6.45, 7) is 14.3. The highest BCUT2D eigenvalue weighted by atomic mass is 28.3. The van der Waals surface area contributed by atoms with E-state index in [9.17, 15) is 0 Å². The van der Waals surface area contributed by atoms with Gasteiger partial charge in [0.1, 0.15) is 5.75 Å². The predicted octanol–water partition coefficient (Wildman–Crippen LogP) is 5.07. The molecule has 0 aliphatic heterocycles. The Kier molecular flexibility index (Phi) is 4.47. The van der Waals surface area contributed by atoms with Crippen molar-refractivity contribution in [2.75, 3.05) is 7.11 Å².